The molecule has 0 aliphatic rings. The van der Waals surface area contributed by atoms with E-state index in [-0.39, 0.29) is 18.9 Å². The minimum absolute atomic E-state index is 0.0600. The fraction of sp³-hybridized carbons (Fsp3) is 0.0909. The molecular formula is C22H17NO5. The number of fused-ring (bicyclic) bond motifs is 3. The minimum Gasteiger partial charge on any atom is -0.465 e. The van der Waals surface area contributed by atoms with E-state index in [9.17, 15) is 9.59 Å². The Hall–Kier alpha value is -3.80. The molecule has 0 aliphatic carbocycles. The summed E-state index contributed by atoms with van der Waals surface area (Å²) in [6.07, 6.45) is 4.49. The second kappa shape index (κ2) is 7.84. The lowest BCUT2D eigenvalue weighted by Gasteiger charge is -2.05. The molecule has 0 radical (unpaired) electrons. The van der Waals surface area contributed by atoms with Crippen LogP contribution in [0.3, 0.4) is 0 Å². The number of hydrogen-bond donors (Lipinski definition) is 1. The van der Waals surface area contributed by atoms with Crippen LogP contribution in [0.4, 0.5) is 0 Å². The maximum Gasteiger partial charge on any atom is 0.312 e. The molecule has 0 atom stereocenters. The molecule has 2 heterocycles. The highest BCUT2D eigenvalue weighted by Gasteiger charge is 2.10. The summed E-state index contributed by atoms with van der Waals surface area (Å²) < 4.78 is 16.2. The number of nitrogens with one attached hydrogen (secondary N) is 1. The number of benzene rings is 2. The van der Waals surface area contributed by atoms with Gasteiger partial charge in [-0.25, -0.2) is 0 Å². The Morgan fingerprint density at radius 3 is 2.71 bits per heavy atom. The van der Waals surface area contributed by atoms with Crippen LogP contribution in [-0.2, 0) is 9.59 Å². The lowest BCUT2D eigenvalue weighted by atomic mass is 10.1. The molecule has 6 heteroatoms. The van der Waals surface area contributed by atoms with E-state index in [0.717, 1.165) is 21.9 Å². The number of hydrogen-bond acceptors (Lipinski definition) is 5. The van der Waals surface area contributed by atoms with Crippen molar-refractivity contribution in [3.8, 4) is 5.75 Å². The molecule has 1 amide bonds. The molecule has 28 heavy (non-hydrogen) atoms. The zero-order valence-corrected chi connectivity index (χ0v) is 14.9. The number of amides is 1. The third-order valence-corrected chi connectivity index (χ3v) is 4.15. The van der Waals surface area contributed by atoms with E-state index in [1.54, 1.807) is 36.4 Å². The summed E-state index contributed by atoms with van der Waals surface area (Å²) in [7, 11) is 0. The van der Waals surface area contributed by atoms with Crippen molar-refractivity contribution in [3.05, 3.63) is 72.7 Å². The summed E-state index contributed by atoms with van der Waals surface area (Å²) in [5, 5.41) is 4.48. The highest BCUT2D eigenvalue weighted by atomic mass is 16.5. The summed E-state index contributed by atoms with van der Waals surface area (Å²) in [6, 6.07) is 16.4. The zero-order chi connectivity index (χ0) is 19.3. The quantitative estimate of drug-likeness (QED) is 0.309. The van der Waals surface area contributed by atoms with E-state index >= 15 is 0 Å². The number of carbonyl (C=O) groups is 2. The first-order valence-corrected chi connectivity index (χ1v) is 8.80. The third-order valence-electron chi connectivity index (χ3n) is 4.15. The average Bonchev–Trinajstić information content (AvgIpc) is 3.34. The number of ether oxygens (including phenoxy) is 1. The molecule has 6 nitrogen and oxygen atoms in total. The molecule has 0 spiro atoms. The molecule has 0 unspecified atom stereocenters. The van der Waals surface area contributed by atoms with Gasteiger partial charge in [-0.05, 0) is 42.5 Å². The van der Waals surface area contributed by atoms with Crippen molar-refractivity contribution >= 4 is 39.9 Å². The lowest BCUT2D eigenvalue weighted by molar-refractivity contribution is -0.134. The highest BCUT2D eigenvalue weighted by Crippen LogP contribution is 2.31. The molecule has 0 saturated heterocycles. The fourth-order valence-corrected chi connectivity index (χ4v) is 2.84. The summed E-state index contributed by atoms with van der Waals surface area (Å²) in [5.74, 6) is 0.280. The van der Waals surface area contributed by atoms with Crippen LogP contribution in [0.25, 0.3) is 28.0 Å². The molecule has 0 saturated carbocycles. The molecule has 1 N–H and O–H groups in total. The van der Waals surface area contributed by atoms with E-state index in [1.807, 2.05) is 24.3 Å². The summed E-state index contributed by atoms with van der Waals surface area (Å²) in [4.78, 5) is 23.8. The van der Waals surface area contributed by atoms with Crippen molar-refractivity contribution in [2.75, 3.05) is 6.54 Å². The second-order valence-corrected chi connectivity index (χ2v) is 6.12. The van der Waals surface area contributed by atoms with Gasteiger partial charge in [-0.1, -0.05) is 18.2 Å². The van der Waals surface area contributed by atoms with Crippen molar-refractivity contribution in [1.82, 2.24) is 5.32 Å². The Bertz CT molecular complexity index is 1150. The van der Waals surface area contributed by atoms with Crippen LogP contribution < -0.4 is 10.1 Å². The first-order valence-electron chi connectivity index (χ1n) is 8.80. The van der Waals surface area contributed by atoms with E-state index < -0.39 is 5.97 Å². The van der Waals surface area contributed by atoms with Gasteiger partial charge in [-0.2, -0.15) is 0 Å². The second-order valence-electron chi connectivity index (χ2n) is 6.12. The first-order chi connectivity index (χ1) is 13.7. The van der Waals surface area contributed by atoms with Gasteiger partial charge in [0, 0.05) is 23.4 Å². The summed E-state index contributed by atoms with van der Waals surface area (Å²) >= 11 is 0. The van der Waals surface area contributed by atoms with E-state index in [1.165, 1.54) is 12.3 Å². The summed E-state index contributed by atoms with van der Waals surface area (Å²) in [5.41, 5.74) is 1.52. The predicted octanol–water partition coefficient (Wildman–Crippen LogP) is 4.30. The van der Waals surface area contributed by atoms with Gasteiger partial charge in [-0.3, -0.25) is 9.59 Å². The molecule has 0 aliphatic heterocycles. The number of furan rings is 2. The fourth-order valence-electron chi connectivity index (χ4n) is 2.84. The van der Waals surface area contributed by atoms with Crippen molar-refractivity contribution in [3.63, 3.8) is 0 Å². The van der Waals surface area contributed by atoms with Gasteiger partial charge < -0.3 is 18.9 Å². The van der Waals surface area contributed by atoms with E-state index in [0.29, 0.717) is 11.5 Å². The van der Waals surface area contributed by atoms with Gasteiger partial charge in [0.15, 0.2) is 0 Å². The minimum atomic E-state index is -0.428. The maximum absolute atomic E-state index is 12.0. The van der Waals surface area contributed by atoms with Gasteiger partial charge in [0.2, 0.25) is 5.91 Å². The molecule has 4 aromatic rings. The average molecular weight is 375 g/mol. The van der Waals surface area contributed by atoms with Crippen LogP contribution in [0, 0.1) is 0 Å². The molecule has 4 rings (SSSR count). The van der Waals surface area contributed by atoms with Crippen LogP contribution in [-0.4, -0.2) is 18.4 Å². The van der Waals surface area contributed by atoms with Crippen molar-refractivity contribution in [2.45, 2.75) is 6.42 Å². The Kier molecular flexibility index (Phi) is 4.93. The Balaban J connectivity index is 1.32. The molecular weight excluding hydrogens is 358 g/mol. The van der Waals surface area contributed by atoms with E-state index in [2.05, 4.69) is 5.32 Å². The zero-order valence-electron chi connectivity index (χ0n) is 14.9. The predicted molar refractivity (Wildman–Crippen MR) is 105 cm³/mol. The first kappa shape index (κ1) is 17.6. The van der Waals surface area contributed by atoms with Gasteiger partial charge in [0.25, 0.3) is 0 Å². The standard InChI is InChI=1S/C22H17NO5/c24-21(10-8-15-4-3-13-26-15)23-12-11-22(25)27-16-7-9-20-18(14-16)17-5-1-2-6-19(17)28-20/h1-10,13-14H,11-12H2,(H,23,24). The largest absolute Gasteiger partial charge is 0.465 e. The van der Waals surface area contributed by atoms with E-state index in [4.69, 9.17) is 13.6 Å². The summed E-state index contributed by atoms with van der Waals surface area (Å²) in [6.45, 7) is 0.178. The third kappa shape index (κ3) is 3.96. The smallest absolute Gasteiger partial charge is 0.312 e. The van der Waals surface area contributed by atoms with Gasteiger partial charge in [0.05, 0.1) is 12.7 Å². The van der Waals surface area contributed by atoms with Crippen LogP contribution in [0.5, 0.6) is 5.75 Å². The highest BCUT2D eigenvalue weighted by molar-refractivity contribution is 6.05. The number of carbonyl (C=O) groups excluding carboxylic acids is 2. The van der Waals surface area contributed by atoms with Crippen LogP contribution in [0.2, 0.25) is 0 Å². The molecule has 2 aromatic heterocycles. The number of rotatable bonds is 6. The van der Waals surface area contributed by atoms with Crippen molar-refractivity contribution < 1.29 is 23.2 Å². The maximum atomic E-state index is 12.0. The Morgan fingerprint density at radius 2 is 1.86 bits per heavy atom. The van der Waals surface area contributed by atoms with Gasteiger partial charge in [-0.15, -0.1) is 0 Å². The monoisotopic (exact) mass is 375 g/mol. The number of esters is 1. The topological polar surface area (TPSA) is 81.7 Å². The Labute approximate surface area is 160 Å². The molecule has 140 valence electrons. The lowest BCUT2D eigenvalue weighted by Crippen LogP contribution is -2.25. The van der Waals surface area contributed by atoms with Gasteiger partial charge in [0.1, 0.15) is 22.7 Å². The van der Waals surface area contributed by atoms with Crippen LogP contribution in [0.15, 0.2) is 75.8 Å². The number of para-hydroxylation sites is 1. The van der Waals surface area contributed by atoms with Crippen molar-refractivity contribution in [2.24, 2.45) is 0 Å². The van der Waals surface area contributed by atoms with Crippen molar-refractivity contribution in [1.29, 1.82) is 0 Å². The van der Waals surface area contributed by atoms with Gasteiger partial charge >= 0.3 is 5.97 Å². The molecule has 0 bridgehead atoms. The SMILES string of the molecule is O=C(C=Cc1ccco1)NCCC(=O)Oc1ccc2oc3ccccc3c2c1. The Morgan fingerprint density at radius 1 is 1.00 bits per heavy atom. The molecule has 2 aromatic carbocycles. The normalized spacial score (nSPS) is 11.3. The van der Waals surface area contributed by atoms with Crippen LogP contribution >= 0.6 is 0 Å². The molecule has 0 fully saturated rings. The van der Waals surface area contributed by atoms with Crippen LogP contribution in [0.1, 0.15) is 12.2 Å².